The number of piperidine rings is 1. The van der Waals surface area contributed by atoms with Crippen LogP contribution in [0.25, 0.3) is 0 Å². The molecule has 2 rings (SSSR count). The van der Waals surface area contributed by atoms with Crippen LogP contribution in [0.2, 0.25) is 5.02 Å². The van der Waals surface area contributed by atoms with E-state index in [9.17, 15) is 0 Å². The molecule has 0 aliphatic carbocycles. The molecule has 2 heterocycles. The smallest absolute Gasteiger partial charge is 0.147 e. The number of pyridine rings is 1. The summed E-state index contributed by atoms with van der Waals surface area (Å²) >= 11 is 6.42. The SMILES string of the molecule is CC1CC(C)C(C)N(c2nccc(CN)c2Cl)C1. The van der Waals surface area contributed by atoms with E-state index >= 15 is 0 Å². The summed E-state index contributed by atoms with van der Waals surface area (Å²) in [5, 5.41) is 0.716. The lowest BCUT2D eigenvalue weighted by atomic mass is 9.86. The molecule has 3 atom stereocenters. The predicted molar refractivity (Wildman–Crippen MR) is 76.9 cm³/mol. The molecule has 0 aromatic carbocycles. The maximum absolute atomic E-state index is 6.42. The van der Waals surface area contributed by atoms with E-state index in [0.717, 1.165) is 17.9 Å². The van der Waals surface area contributed by atoms with Crippen molar-refractivity contribution in [2.75, 3.05) is 11.4 Å². The van der Waals surface area contributed by atoms with Crippen molar-refractivity contribution in [1.82, 2.24) is 4.98 Å². The van der Waals surface area contributed by atoms with Crippen LogP contribution in [0, 0.1) is 11.8 Å². The molecule has 3 nitrogen and oxygen atoms in total. The van der Waals surface area contributed by atoms with Crippen LogP contribution in [-0.4, -0.2) is 17.6 Å². The third-order valence-electron chi connectivity index (χ3n) is 4.04. The van der Waals surface area contributed by atoms with Gasteiger partial charge in [-0.1, -0.05) is 25.4 Å². The normalized spacial score (nSPS) is 28.5. The highest BCUT2D eigenvalue weighted by molar-refractivity contribution is 6.33. The Kier molecular flexibility index (Phi) is 4.13. The number of anilines is 1. The van der Waals surface area contributed by atoms with Crippen LogP contribution < -0.4 is 10.6 Å². The number of nitrogens with zero attached hydrogens (tertiary/aromatic N) is 2. The first-order valence-corrected chi connectivity index (χ1v) is 7.02. The Hall–Kier alpha value is -0.800. The van der Waals surface area contributed by atoms with Crippen molar-refractivity contribution < 1.29 is 0 Å². The van der Waals surface area contributed by atoms with Gasteiger partial charge < -0.3 is 10.6 Å². The Morgan fingerprint density at radius 1 is 1.44 bits per heavy atom. The molecule has 1 aliphatic rings. The minimum absolute atomic E-state index is 0.460. The van der Waals surface area contributed by atoms with E-state index < -0.39 is 0 Å². The van der Waals surface area contributed by atoms with Crippen LogP contribution in [0.3, 0.4) is 0 Å². The Bertz CT molecular complexity index is 422. The summed E-state index contributed by atoms with van der Waals surface area (Å²) < 4.78 is 0. The Morgan fingerprint density at radius 3 is 2.83 bits per heavy atom. The number of rotatable bonds is 2. The van der Waals surface area contributed by atoms with Gasteiger partial charge in [-0.2, -0.15) is 0 Å². The highest BCUT2D eigenvalue weighted by atomic mass is 35.5. The maximum Gasteiger partial charge on any atom is 0.147 e. The van der Waals surface area contributed by atoms with Gasteiger partial charge in [0.1, 0.15) is 5.82 Å². The summed E-state index contributed by atoms with van der Waals surface area (Å²) in [7, 11) is 0. The summed E-state index contributed by atoms with van der Waals surface area (Å²) in [5.74, 6) is 2.23. The van der Waals surface area contributed by atoms with E-state index in [1.54, 1.807) is 6.20 Å². The van der Waals surface area contributed by atoms with Crippen LogP contribution in [0.5, 0.6) is 0 Å². The molecule has 1 saturated heterocycles. The zero-order valence-electron chi connectivity index (χ0n) is 11.4. The molecule has 4 heteroatoms. The highest BCUT2D eigenvalue weighted by Crippen LogP contribution is 2.34. The van der Waals surface area contributed by atoms with Crippen LogP contribution in [0.1, 0.15) is 32.8 Å². The second-order valence-corrected chi connectivity index (χ2v) is 5.90. The summed E-state index contributed by atoms with van der Waals surface area (Å²) in [5.41, 5.74) is 6.68. The van der Waals surface area contributed by atoms with Gasteiger partial charge in [0.25, 0.3) is 0 Å². The van der Waals surface area contributed by atoms with Gasteiger partial charge in [-0.25, -0.2) is 4.98 Å². The molecular weight excluding hydrogens is 246 g/mol. The van der Waals surface area contributed by atoms with Gasteiger partial charge in [-0.15, -0.1) is 0 Å². The highest BCUT2D eigenvalue weighted by Gasteiger charge is 2.30. The second-order valence-electron chi connectivity index (χ2n) is 5.52. The van der Waals surface area contributed by atoms with Crippen molar-refractivity contribution in [3.63, 3.8) is 0 Å². The topological polar surface area (TPSA) is 42.2 Å². The van der Waals surface area contributed by atoms with E-state index in [0.29, 0.717) is 29.4 Å². The molecule has 0 spiro atoms. The molecule has 1 aliphatic heterocycles. The number of hydrogen-bond acceptors (Lipinski definition) is 3. The third-order valence-corrected chi connectivity index (χ3v) is 4.45. The van der Waals surface area contributed by atoms with Gasteiger partial charge in [0, 0.05) is 25.3 Å². The molecule has 3 unspecified atom stereocenters. The van der Waals surface area contributed by atoms with Crippen molar-refractivity contribution in [1.29, 1.82) is 0 Å². The zero-order valence-corrected chi connectivity index (χ0v) is 12.1. The maximum atomic E-state index is 6.42. The van der Waals surface area contributed by atoms with E-state index in [2.05, 4.69) is 30.7 Å². The van der Waals surface area contributed by atoms with Gasteiger partial charge in [0.15, 0.2) is 0 Å². The number of halogens is 1. The minimum Gasteiger partial charge on any atom is -0.352 e. The Balaban J connectivity index is 2.35. The second kappa shape index (κ2) is 5.45. The molecule has 1 fully saturated rings. The molecule has 1 aromatic heterocycles. The zero-order chi connectivity index (χ0) is 13.3. The first kappa shape index (κ1) is 13.6. The van der Waals surface area contributed by atoms with Gasteiger partial charge >= 0.3 is 0 Å². The van der Waals surface area contributed by atoms with Gasteiger partial charge in [-0.05, 0) is 36.8 Å². The first-order valence-electron chi connectivity index (χ1n) is 6.64. The molecule has 2 N–H and O–H groups in total. The standard InChI is InChI=1S/C14H22ClN3/c1-9-6-10(2)11(3)18(8-9)14-13(15)12(7-16)4-5-17-14/h4-5,9-11H,6-8,16H2,1-3H3. The first-order chi connectivity index (χ1) is 8.54. The van der Waals surface area contributed by atoms with E-state index in [-0.39, 0.29) is 0 Å². The minimum atomic E-state index is 0.460. The third kappa shape index (κ3) is 2.47. The summed E-state index contributed by atoms with van der Waals surface area (Å²) in [6, 6.07) is 2.37. The summed E-state index contributed by atoms with van der Waals surface area (Å²) in [6.45, 7) is 8.32. The van der Waals surface area contributed by atoms with Crippen molar-refractivity contribution in [2.45, 2.75) is 39.8 Å². The Labute approximate surface area is 114 Å². The molecule has 0 radical (unpaired) electrons. The largest absolute Gasteiger partial charge is 0.352 e. The van der Waals surface area contributed by atoms with Crippen LogP contribution in [0.15, 0.2) is 12.3 Å². The molecule has 0 bridgehead atoms. The summed E-state index contributed by atoms with van der Waals surface area (Å²) in [6.07, 6.45) is 3.08. The number of aromatic nitrogens is 1. The fraction of sp³-hybridized carbons (Fsp3) is 0.643. The van der Waals surface area contributed by atoms with Crippen molar-refractivity contribution in [2.24, 2.45) is 17.6 Å². The van der Waals surface area contributed by atoms with Crippen molar-refractivity contribution in [3.05, 3.63) is 22.8 Å². The quantitative estimate of drug-likeness (QED) is 0.896. The fourth-order valence-electron chi connectivity index (χ4n) is 2.82. The lowest BCUT2D eigenvalue weighted by Crippen LogP contribution is -2.46. The van der Waals surface area contributed by atoms with Crippen LogP contribution in [-0.2, 0) is 6.54 Å². The summed E-state index contributed by atoms with van der Waals surface area (Å²) in [4.78, 5) is 6.80. The lowest BCUT2D eigenvalue weighted by molar-refractivity contribution is 0.295. The monoisotopic (exact) mass is 267 g/mol. The van der Waals surface area contributed by atoms with Crippen molar-refractivity contribution >= 4 is 17.4 Å². The van der Waals surface area contributed by atoms with Gasteiger partial charge in [0.05, 0.1) is 5.02 Å². The lowest BCUT2D eigenvalue weighted by Gasteiger charge is -2.42. The Morgan fingerprint density at radius 2 is 2.17 bits per heavy atom. The predicted octanol–water partition coefficient (Wildman–Crippen LogP) is 3.06. The number of hydrogen-bond donors (Lipinski definition) is 1. The van der Waals surface area contributed by atoms with Gasteiger partial charge in [-0.3, -0.25) is 0 Å². The molecule has 0 saturated carbocycles. The van der Waals surface area contributed by atoms with E-state index in [4.69, 9.17) is 17.3 Å². The fourth-order valence-corrected chi connectivity index (χ4v) is 3.12. The number of nitrogens with two attached hydrogens (primary N) is 1. The molecule has 18 heavy (non-hydrogen) atoms. The van der Waals surface area contributed by atoms with E-state index in [1.807, 2.05) is 6.07 Å². The average molecular weight is 268 g/mol. The molecule has 100 valence electrons. The average Bonchev–Trinajstić information content (AvgIpc) is 2.34. The van der Waals surface area contributed by atoms with Crippen LogP contribution >= 0.6 is 11.6 Å². The van der Waals surface area contributed by atoms with Gasteiger partial charge in [0.2, 0.25) is 0 Å². The molecule has 1 aromatic rings. The van der Waals surface area contributed by atoms with Crippen molar-refractivity contribution in [3.8, 4) is 0 Å². The van der Waals surface area contributed by atoms with Crippen LogP contribution in [0.4, 0.5) is 5.82 Å². The molecule has 0 amide bonds. The van der Waals surface area contributed by atoms with E-state index in [1.165, 1.54) is 6.42 Å². The molecular formula is C14H22ClN3.